The molecule has 3 aromatic rings. The van der Waals surface area contributed by atoms with Gasteiger partial charge in [-0.3, -0.25) is 25.1 Å². The topological polar surface area (TPSA) is 84.2 Å². The molecule has 1 aromatic carbocycles. The number of benzene rings is 1. The fraction of sp³-hybridized carbons (Fsp3) is 0.167. The van der Waals surface area contributed by atoms with Crippen LogP contribution in [0.15, 0.2) is 55.0 Å². The zero-order valence-electron chi connectivity index (χ0n) is 14.8. The van der Waals surface area contributed by atoms with Crippen molar-refractivity contribution in [2.45, 2.75) is 0 Å². The first-order valence-corrected chi connectivity index (χ1v) is 8.01. The highest BCUT2D eigenvalue weighted by Gasteiger charge is 2.18. The van der Waals surface area contributed by atoms with Gasteiger partial charge in [-0.25, -0.2) is 0 Å². The zero-order valence-corrected chi connectivity index (χ0v) is 14.8. The van der Waals surface area contributed by atoms with E-state index in [4.69, 9.17) is 0 Å². The molecular weight excluding hydrogens is 332 g/mol. The monoisotopic (exact) mass is 352 g/mol. The Labute approximate surface area is 151 Å². The highest BCUT2D eigenvalue weighted by molar-refractivity contribution is 6.00. The summed E-state index contributed by atoms with van der Waals surface area (Å²) in [5.74, 6) is -0.233. The number of hydrogen-bond acceptors (Lipinski definition) is 4. The molecular formula is C18H20N6O2. The highest BCUT2D eigenvalue weighted by Crippen LogP contribution is 2.14. The van der Waals surface area contributed by atoms with Gasteiger partial charge < -0.3 is 9.47 Å². The summed E-state index contributed by atoms with van der Waals surface area (Å²) in [4.78, 5) is 26.7. The minimum atomic E-state index is -0.445. The quantitative estimate of drug-likeness (QED) is 0.694. The van der Waals surface area contributed by atoms with Crippen molar-refractivity contribution in [3.63, 3.8) is 0 Å². The van der Waals surface area contributed by atoms with Crippen LogP contribution in [0.3, 0.4) is 0 Å². The average molecular weight is 352 g/mol. The van der Waals surface area contributed by atoms with E-state index in [0.717, 1.165) is 5.69 Å². The molecule has 0 bridgehead atoms. The van der Waals surface area contributed by atoms with E-state index in [-0.39, 0.29) is 0 Å². The Morgan fingerprint density at radius 1 is 1.04 bits per heavy atom. The first-order chi connectivity index (χ1) is 12.5. The summed E-state index contributed by atoms with van der Waals surface area (Å²) in [6, 6.07) is 10.8. The van der Waals surface area contributed by atoms with E-state index in [2.05, 4.69) is 16.0 Å². The minimum Gasteiger partial charge on any atom is -0.378 e. The molecule has 2 N–H and O–H groups in total. The molecule has 26 heavy (non-hydrogen) atoms. The molecule has 0 aliphatic rings. The number of hydrazine groups is 1. The van der Waals surface area contributed by atoms with Crippen LogP contribution in [0.5, 0.6) is 0 Å². The van der Waals surface area contributed by atoms with Gasteiger partial charge in [0.1, 0.15) is 11.4 Å². The maximum Gasteiger partial charge on any atom is 0.275 e. The van der Waals surface area contributed by atoms with Crippen molar-refractivity contribution in [2.75, 3.05) is 19.0 Å². The molecule has 2 aromatic heterocycles. The number of rotatable bonds is 4. The fourth-order valence-corrected chi connectivity index (χ4v) is 2.55. The molecule has 0 spiro atoms. The molecule has 0 atom stereocenters. The van der Waals surface area contributed by atoms with Crippen LogP contribution in [-0.4, -0.2) is 40.3 Å². The minimum absolute atomic E-state index is 0.353. The number of aromatic nitrogens is 3. The van der Waals surface area contributed by atoms with Gasteiger partial charge in [0.15, 0.2) is 0 Å². The van der Waals surface area contributed by atoms with E-state index < -0.39 is 11.8 Å². The summed E-state index contributed by atoms with van der Waals surface area (Å²) in [6.07, 6.45) is 5.10. The molecule has 134 valence electrons. The van der Waals surface area contributed by atoms with Gasteiger partial charge in [-0.2, -0.15) is 5.10 Å². The average Bonchev–Trinajstić information content (AvgIpc) is 3.28. The van der Waals surface area contributed by atoms with Gasteiger partial charge in [-0.05, 0) is 30.3 Å². The number of amides is 2. The molecule has 3 rings (SSSR count). The number of nitrogens with zero attached hydrogens (tertiary/aromatic N) is 4. The van der Waals surface area contributed by atoms with Crippen molar-refractivity contribution in [3.05, 3.63) is 66.1 Å². The van der Waals surface area contributed by atoms with Crippen LogP contribution < -0.4 is 15.8 Å². The Morgan fingerprint density at radius 2 is 1.73 bits per heavy atom. The van der Waals surface area contributed by atoms with Crippen molar-refractivity contribution < 1.29 is 9.59 Å². The van der Waals surface area contributed by atoms with Gasteiger partial charge in [0, 0.05) is 44.8 Å². The molecule has 0 aliphatic heterocycles. The second-order valence-electron chi connectivity index (χ2n) is 5.95. The summed E-state index contributed by atoms with van der Waals surface area (Å²) in [6.45, 7) is 0. The van der Waals surface area contributed by atoms with E-state index in [1.54, 1.807) is 34.5 Å². The Balaban J connectivity index is 1.72. The third-order valence-electron chi connectivity index (χ3n) is 3.92. The van der Waals surface area contributed by atoms with Crippen molar-refractivity contribution in [1.82, 2.24) is 25.2 Å². The predicted molar refractivity (Wildman–Crippen MR) is 98.2 cm³/mol. The summed E-state index contributed by atoms with van der Waals surface area (Å²) in [7, 11) is 5.53. The van der Waals surface area contributed by atoms with Crippen LogP contribution in [0, 0.1) is 0 Å². The number of carbonyl (C=O) groups is 2. The van der Waals surface area contributed by atoms with Crippen LogP contribution in [0.1, 0.15) is 20.7 Å². The molecule has 0 aliphatic carbocycles. The molecule has 0 radical (unpaired) electrons. The van der Waals surface area contributed by atoms with Gasteiger partial charge >= 0.3 is 0 Å². The maximum atomic E-state index is 12.5. The highest BCUT2D eigenvalue weighted by atomic mass is 16.2. The SMILES string of the molecule is CN(C)c1cccc(C(=O)NNC(=O)c2cnn(C)c2-n2cccc2)c1. The van der Waals surface area contributed by atoms with Crippen LogP contribution in [0.25, 0.3) is 5.82 Å². The van der Waals surface area contributed by atoms with Crippen LogP contribution in [-0.2, 0) is 7.05 Å². The van der Waals surface area contributed by atoms with Gasteiger partial charge in [0.2, 0.25) is 0 Å². The van der Waals surface area contributed by atoms with E-state index in [1.165, 1.54) is 6.20 Å². The second kappa shape index (κ2) is 7.14. The normalized spacial score (nSPS) is 10.4. The van der Waals surface area contributed by atoms with Crippen LogP contribution in [0.2, 0.25) is 0 Å². The van der Waals surface area contributed by atoms with E-state index >= 15 is 0 Å². The van der Waals surface area contributed by atoms with Crippen molar-refractivity contribution in [3.8, 4) is 5.82 Å². The summed E-state index contributed by atoms with van der Waals surface area (Å²) < 4.78 is 3.38. The zero-order chi connectivity index (χ0) is 18.7. The number of carbonyl (C=O) groups excluding carboxylic acids is 2. The lowest BCUT2D eigenvalue weighted by molar-refractivity contribution is 0.0846. The van der Waals surface area contributed by atoms with Gasteiger partial charge in [-0.15, -0.1) is 0 Å². The smallest absolute Gasteiger partial charge is 0.275 e. The standard InChI is InChI=1S/C18H20N6O2/c1-22(2)14-8-6-7-13(11-14)16(25)20-21-17(26)15-12-19-23(3)18(15)24-9-4-5-10-24/h4-12H,1-3H3,(H,20,25)(H,21,26). The Bertz CT molecular complexity index is 927. The summed E-state index contributed by atoms with van der Waals surface area (Å²) in [5, 5.41) is 4.13. The van der Waals surface area contributed by atoms with Crippen LogP contribution in [0.4, 0.5) is 5.69 Å². The number of aryl methyl sites for hydroxylation is 1. The molecule has 2 heterocycles. The van der Waals surface area contributed by atoms with Crippen molar-refractivity contribution in [2.24, 2.45) is 7.05 Å². The predicted octanol–water partition coefficient (Wildman–Crippen LogP) is 1.35. The van der Waals surface area contributed by atoms with Crippen LogP contribution >= 0.6 is 0 Å². The second-order valence-corrected chi connectivity index (χ2v) is 5.95. The Kier molecular flexibility index (Phi) is 4.74. The maximum absolute atomic E-state index is 12.5. The molecule has 0 unspecified atom stereocenters. The number of hydrogen-bond donors (Lipinski definition) is 2. The first kappa shape index (κ1) is 17.3. The number of anilines is 1. The van der Waals surface area contributed by atoms with Gasteiger partial charge in [0.05, 0.1) is 6.20 Å². The third-order valence-corrected chi connectivity index (χ3v) is 3.92. The number of nitrogens with one attached hydrogen (secondary N) is 2. The molecule has 2 amide bonds. The van der Waals surface area contributed by atoms with Crippen molar-refractivity contribution >= 4 is 17.5 Å². The Morgan fingerprint density at radius 3 is 2.42 bits per heavy atom. The van der Waals surface area contributed by atoms with Gasteiger partial charge in [0.25, 0.3) is 11.8 Å². The van der Waals surface area contributed by atoms with E-state index in [9.17, 15) is 9.59 Å². The van der Waals surface area contributed by atoms with Gasteiger partial charge in [-0.1, -0.05) is 6.07 Å². The van der Waals surface area contributed by atoms with E-state index in [0.29, 0.717) is 16.9 Å². The first-order valence-electron chi connectivity index (χ1n) is 8.01. The lowest BCUT2D eigenvalue weighted by atomic mass is 10.2. The molecule has 0 fully saturated rings. The Hall–Kier alpha value is -3.55. The summed E-state index contributed by atoms with van der Waals surface area (Å²) in [5.41, 5.74) is 6.58. The largest absolute Gasteiger partial charge is 0.378 e. The summed E-state index contributed by atoms with van der Waals surface area (Å²) >= 11 is 0. The lowest BCUT2D eigenvalue weighted by Crippen LogP contribution is -2.41. The fourth-order valence-electron chi connectivity index (χ4n) is 2.55. The van der Waals surface area contributed by atoms with E-state index in [1.807, 2.05) is 49.6 Å². The third kappa shape index (κ3) is 3.44. The molecule has 8 heteroatoms. The molecule has 0 saturated carbocycles. The van der Waals surface area contributed by atoms with Crippen molar-refractivity contribution in [1.29, 1.82) is 0 Å². The lowest BCUT2D eigenvalue weighted by Gasteiger charge is -2.14. The molecule has 0 saturated heterocycles. The molecule has 8 nitrogen and oxygen atoms in total.